The fraction of sp³-hybridized carbons (Fsp3) is 0.364. The summed E-state index contributed by atoms with van der Waals surface area (Å²) < 4.78 is 0. The molecule has 3 nitrogen and oxygen atoms in total. The number of nitriles is 1. The minimum atomic E-state index is 0.206. The van der Waals surface area contributed by atoms with E-state index < -0.39 is 0 Å². The van der Waals surface area contributed by atoms with Crippen LogP contribution in [0.2, 0.25) is 0 Å². The van der Waals surface area contributed by atoms with Gasteiger partial charge in [0.1, 0.15) is 0 Å². The highest BCUT2D eigenvalue weighted by Gasteiger charge is 2.00. The average Bonchev–Trinajstić information content (AvgIpc) is 2.21. The summed E-state index contributed by atoms with van der Waals surface area (Å²) >= 11 is 0. The lowest BCUT2D eigenvalue weighted by Gasteiger charge is -2.04. The molecule has 0 heterocycles. The number of nitrogens with two attached hydrogens (primary N) is 1. The third kappa shape index (κ3) is 2.75. The predicted molar refractivity (Wildman–Crippen MR) is 55.6 cm³/mol. The largest absolute Gasteiger partial charge is 0.399 e. The van der Waals surface area contributed by atoms with E-state index in [1.54, 1.807) is 12.1 Å². The average molecular weight is 190 g/mol. The molecule has 3 heteroatoms. The molecule has 1 aromatic carbocycles. The number of nitrogens with zero attached hydrogens (tertiary/aromatic N) is 1. The van der Waals surface area contributed by atoms with Crippen molar-refractivity contribution in [1.29, 1.82) is 5.26 Å². The minimum Gasteiger partial charge on any atom is -0.399 e. The molecule has 0 radical (unpaired) electrons. The Kier molecular flexibility index (Phi) is 3.96. The van der Waals surface area contributed by atoms with Crippen LogP contribution in [0, 0.1) is 11.3 Å². The Balaban J connectivity index is 2.70. The molecular weight excluding hydrogens is 176 g/mol. The number of rotatable bonds is 4. The van der Waals surface area contributed by atoms with Crippen LogP contribution in [0.1, 0.15) is 24.0 Å². The van der Waals surface area contributed by atoms with E-state index in [4.69, 9.17) is 16.1 Å². The number of hydrogen-bond donors (Lipinski definition) is 2. The maximum Gasteiger partial charge on any atom is 0.0991 e. The smallest absolute Gasteiger partial charge is 0.0991 e. The fourth-order valence-electron chi connectivity index (χ4n) is 1.32. The van der Waals surface area contributed by atoms with Gasteiger partial charge in [-0.3, -0.25) is 0 Å². The van der Waals surface area contributed by atoms with Gasteiger partial charge in [-0.15, -0.1) is 0 Å². The van der Waals surface area contributed by atoms with E-state index in [2.05, 4.69) is 6.07 Å². The highest BCUT2D eigenvalue weighted by molar-refractivity contribution is 5.51. The normalized spacial score (nSPS) is 9.71. The third-order valence-corrected chi connectivity index (χ3v) is 2.13. The predicted octanol–water partition coefficient (Wildman–Crippen LogP) is 1.46. The lowest BCUT2D eigenvalue weighted by Crippen LogP contribution is -1.96. The van der Waals surface area contributed by atoms with Crippen molar-refractivity contribution in [2.24, 2.45) is 0 Å². The lowest BCUT2D eigenvalue weighted by molar-refractivity contribution is 0.284. The van der Waals surface area contributed by atoms with Crippen LogP contribution in [-0.2, 0) is 6.42 Å². The molecule has 0 saturated heterocycles. The van der Waals surface area contributed by atoms with Crippen molar-refractivity contribution < 1.29 is 5.11 Å². The molecule has 1 aromatic rings. The summed E-state index contributed by atoms with van der Waals surface area (Å²) in [5, 5.41) is 17.3. The molecule has 0 aliphatic heterocycles. The quantitative estimate of drug-likeness (QED) is 0.557. The molecule has 0 amide bonds. The van der Waals surface area contributed by atoms with Crippen LogP contribution in [0.15, 0.2) is 18.2 Å². The van der Waals surface area contributed by atoms with Crippen molar-refractivity contribution >= 4 is 5.69 Å². The van der Waals surface area contributed by atoms with Crippen molar-refractivity contribution in [2.75, 3.05) is 12.3 Å². The standard InChI is InChI=1S/C11H14N2O/c12-8-9-4-5-11(13)10(7-9)3-1-2-6-14/h4-5,7,14H,1-3,6,13H2. The molecule has 1 rings (SSSR count). The van der Waals surface area contributed by atoms with Gasteiger partial charge in [-0.25, -0.2) is 0 Å². The van der Waals surface area contributed by atoms with E-state index in [-0.39, 0.29) is 6.61 Å². The van der Waals surface area contributed by atoms with Crippen molar-refractivity contribution in [1.82, 2.24) is 0 Å². The van der Waals surface area contributed by atoms with Crippen LogP contribution in [0.4, 0.5) is 5.69 Å². The van der Waals surface area contributed by atoms with Gasteiger partial charge < -0.3 is 10.8 Å². The lowest BCUT2D eigenvalue weighted by atomic mass is 10.0. The summed E-state index contributed by atoms with van der Waals surface area (Å²) in [4.78, 5) is 0. The van der Waals surface area contributed by atoms with Crippen molar-refractivity contribution in [3.63, 3.8) is 0 Å². The molecule has 0 saturated carbocycles. The molecule has 74 valence electrons. The van der Waals surface area contributed by atoms with Gasteiger partial charge in [0.2, 0.25) is 0 Å². The van der Waals surface area contributed by atoms with Gasteiger partial charge in [-0.05, 0) is 43.0 Å². The number of benzene rings is 1. The Bertz CT molecular complexity index is 342. The first-order chi connectivity index (χ1) is 6.77. The summed E-state index contributed by atoms with van der Waals surface area (Å²) in [5.41, 5.74) is 8.11. The molecule has 0 aromatic heterocycles. The van der Waals surface area contributed by atoms with Gasteiger partial charge in [0.05, 0.1) is 11.6 Å². The van der Waals surface area contributed by atoms with Crippen LogP contribution in [-0.4, -0.2) is 11.7 Å². The van der Waals surface area contributed by atoms with E-state index >= 15 is 0 Å². The van der Waals surface area contributed by atoms with Gasteiger partial charge >= 0.3 is 0 Å². The number of anilines is 1. The summed E-state index contributed by atoms with van der Waals surface area (Å²) in [6, 6.07) is 7.36. The molecule has 0 spiro atoms. The molecule has 0 fully saturated rings. The van der Waals surface area contributed by atoms with Gasteiger partial charge in [0, 0.05) is 12.3 Å². The number of aliphatic hydroxyl groups excluding tert-OH is 1. The van der Waals surface area contributed by atoms with E-state index in [9.17, 15) is 0 Å². The van der Waals surface area contributed by atoms with Crippen LogP contribution in [0.5, 0.6) is 0 Å². The van der Waals surface area contributed by atoms with Crippen molar-refractivity contribution in [3.05, 3.63) is 29.3 Å². The zero-order chi connectivity index (χ0) is 10.4. The van der Waals surface area contributed by atoms with Crippen molar-refractivity contribution in [2.45, 2.75) is 19.3 Å². The van der Waals surface area contributed by atoms with Crippen LogP contribution < -0.4 is 5.73 Å². The number of nitrogen functional groups attached to an aromatic ring is 1. The Morgan fingerprint density at radius 3 is 2.79 bits per heavy atom. The van der Waals surface area contributed by atoms with Crippen LogP contribution in [0.25, 0.3) is 0 Å². The maximum absolute atomic E-state index is 8.69. The molecule has 0 aliphatic carbocycles. The molecule has 0 unspecified atom stereocenters. The highest BCUT2D eigenvalue weighted by Crippen LogP contribution is 2.16. The van der Waals surface area contributed by atoms with E-state index in [1.165, 1.54) is 0 Å². The maximum atomic E-state index is 8.69. The number of aryl methyl sites for hydroxylation is 1. The zero-order valence-electron chi connectivity index (χ0n) is 8.03. The first-order valence-corrected chi connectivity index (χ1v) is 4.67. The Labute approximate surface area is 83.8 Å². The molecule has 3 N–H and O–H groups in total. The summed E-state index contributed by atoms with van der Waals surface area (Å²) in [5.74, 6) is 0. The molecule has 0 aliphatic rings. The summed E-state index contributed by atoms with van der Waals surface area (Å²) in [7, 11) is 0. The minimum absolute atomic E-state index is 0.206. The first kappa shape index (κ1) is 10.6. The first-order valence-electron chi connectivity index (χ1n) is 4.67. The number of hydrogen-bond acceptors (Lipinski definition) is 3. The Morgan fingerprint density at radius 1 is 1.36 bits per heavy atom. The molecular formula is C11H14N2O. The molecule has 14 heavy (non-hydrogen) atoms. The second kappa shape index (κ2) is 5.25. The second-order valence-corrected chi connectivity index (χ2v) is 3.21. The van der Waals surface area contributed by atoms with E-state index in [0.717, 1.165) is 30.5 Å². The number of unbranched alkanes of at least 4 members (excludes halogenated alkanes) is 1. The fourth-order valence-corrected chi connectivity index (χ4v) is 1.32. The Hall–Kier alpha value is -1.53. The molecule has 0 atom stereocenters. The van der Waals surface area contributed by atoms with Gasteiger partial charge in [0.15, 0.2) is 0 Å². The third-order valence-electron chi connectivity index (χ3n) is 2.13. The summed E-state index contributed by atoms with van der Waals surface area (Å²) in [6.07, 6.45) is 2.49. The van der Waals surface area contributed by atoms with Crippen LogP contribution in [0.3, 0.4) is 0 Å². The van der Waals surface area contributed by atoms with Gasteiger partial charge in [-0.1, -0.05) is 0 Å². The van der Waals surface area contributed by atoms with Gasteiger partial charge in [-0.2, -0.15) is 5.26 Å². The number of aliphatic hydroxyl groups is 1. The second-order valence-electron chi connectivity index (χ2n) is 3.21. The summed E-state index contributed by atoms with van der Waals surface area (Å²) in [6.45, 7) is 0.206. The monoisotopic (exact) mass is 190 g/mol. The van der Waals surface area contributed by atoms with E-state index in [0.29, 0.717) is 5.56 Å². The van der Waals surface area contributed by atoms with E-state index in [1.807, 2.05) is 6.07 Å². The van der Waals surface area contributed by atoms with Gasteiger partial charge in [0.25, 0.3) is 0 Å². The van der Waals surface area contributed by atoms with Crippen molar-refractivity contribution in [3.8, 4) is 6.07 Å². The molecule has 0 bridgehead atoms. The SMILES string of the molecule is N#Cc1ccc(N)c(CCCCO)c1. The zero-order valence-corrected chi connectivity index (χ0v) is 8.03. The Morgan fingerprint density at radius 2 is 2.14 bits per heavy atom. The highest BCUT2D eigenvalue weighted by atomic mass is 16.2. The van der Waals surface area contributed by atoms with Crippen LogP contribution >= 0.6 is 0 Å². The topological polar surface area (TPSA) is 70.0 Å².